The normalized spacial score (nSPS) is 12.3. The highest BCUT2D eigenvalue weighted by Crippen LogP contribution is 2.19. The number of Topliss-reactive ketones (excluding diaryl/α,β-unsaturated/α-hetero) is 1. The van der Waals surface area contributed by atoms with E-state index >= 15 is 0 Å². The average molecular weight is 498 g/mol. The predicted molar refractivity (Wildman–Crippen MR) is 133 cm³/mol. The van der Waals surface area contributed by atoms with Crippen LogP contribution in [0, 0.1) is 0 Å². The lowest BCUT2D eigenvalue weighted by Gasteiger charge is -2.04. The quantitative estimate of drug-likeness (QED) is 0.365. The number of rotatable bonds is 7. The fraction of sp³-hybridized carbons (Fsp3) is 0.167. The number of thiazole rings is 1. The summed E-state index contributed by atoms with van der Waals surface area (Å²) in [5.41, 5.74) is 2.82. The molecular formula is C24H20ClN3O3S2. The van der Waals surface area contributed by atoms with Crippen LogP contribution in [0.4, 0.5) is 0 Å². The Labute approximate surface area is 203 Å². The maximum absolute atomic E-state index is 13.3. The van der Waals surface area contributed by atoms with Crippen LogP contribution in [-0.4, -0.2) is 27.0 Å². The molecule has 0 spiro atoms. The number of ether oxygens (including phenoxy) is 1. The van der Waals surface area contributed by atoms with Gasteiger partial charge in [0, 0.05) is 17.6 Å². The van der Waals surface area contributed by atoms with Crippen molar-refractivity contribution >= 4 is 52.4 Å². The molecule has 2 heterocycles. The van der Waals surface area contributed by atoms with Gasteiger partial charge >= 0.3 is 0 Å². The van der Waals surface area contributed by atoms with Gasteiger partial charge in [0.25, 0.3) is 5.56 Å². The van der Waals surface area contributed by atoms with Crippen molar-refractivity contribution in [1.29, 1.82) is 0 Å². The van der Waals surface area contributed by atoms with E-state index in [9.17, 15) is 9.59 Å². The lowest BCUT2D eigenvalue weighted by Crippen LogP contribution is -2.32. The van der Waals surface area contributed by atoms with Crippen LogP contribution in [0.15, 0.2) is 53.3 Å². The number of hydrogen-bond acceptors (Lipinski definition) is 7. The molecule has 0 atom stereocenters. The Morgan fingerprint density at radius 3 is 2.61 bits per heavy atom. The Bertz CT molecular complexity index is 1470. The van der Waals surface area contributed by atoms with Gasteiger partial charge in [0.05, 0.1) is 23.8 Å². The lowest BCUT2D eigenvalue weighted by atomic mass is 10.1. The molecule has 0 radical (unpaired) electrons. The number of ketones is 1. The van der Waals surface area contributed by atoms with Crippen molar-refractivity contribution in [2.24, 2.45) is 0 Å². The molecule has 0 fully saturated rings. The molecule has 9 heteroatoms. The highest BCUT2D eigenvalue weighted by molar-refractivity contribution is 7.10. The summed E-state index contributed by atoms with van der Waals surface area (Å²) < 4.78 is 12.1. The Hall–Kier alpha value is -3.07. The van der Waals surface area contributed by atoms with Gasteiger partial charge in [-0.3, -0.25) is 14.2 Å². The zero-order chi connectivity index (χ0) is 23.4. The van der Waals surface area contributed by atoms with Gasteiger partial charge in [0.1, 0.15) is 20.4 Å². The van der Waals surface area contributed by atoms with Crippen molar-refractivity contribution in [2.75, 3.05) is 7.11 Å². The second-order valence-electron chi connectivity index (χ2n) is 7.14. The molecule has 4 aromatic rings. The number of hydrogen-bond donors (Lipinski definition) is 0. The Kier molecular flexibility index (Phi) is 7.17. The summed E-state index contributed by atoms with van der Waals surface area (Å²) >= 11 is 8.48. The van der Waals surface area contributed by atoms with Crippen LogP contribution in [0.2, 0.25) is 4.34 Å². The van der Waals surface area contributed by atoms with Crippen LogP contribution >= 0.6 is 34.5 Å². The molecule has 0 aliphatic carbocycles. The molecule has 33 heavy (non-hydrogen) atoms. The first kappa shape index (κ1) is 23.1. The van der Waals surface area contributed by atoms with Gasteiger partial charge in [-0.15, -0.1) is 16.4 Å². The summed E-state index contributed by atoms with van der Waals surface area (Å²) in [5.74, 6) is 0.211. The summed E-state index contributed by atoms with van der Waals surface area (Å²) in [6, 6.07) is 15.0. The first-order valence-corrected chi connectivity index (χ1v) is 12.1. The highest BCUT2D eigenvalue weighted by Gasteiger charge is 2.14. The molecule has 0 saturated carbocycles. The molecule has 0 saturated heterocycles. The van der Waals surface area contributed by atoms with E-state index < -0.39 is 0 Å². The molecule has 0 amide bonds. The number of benzene rings is 2. The maximum atomic E-state index is 13.3. The molecule has 0 unspecified atom stereocenters. The van der Waals surface area contributed by atoms with E-state index in [1.54, 1.807) is 24.3 Å². The van der Waals surface area contributed by atoms with Crippen molar-refractivity contribution in [3.05, 3.63) is 94.8 Å². The van der Waals surface area contributed by atoms with Crippen molar-refractivity contribution in [2.45, 2.75) is 19.9 Å². The van der Waals surface area contributed by atoms with Gasteiger partial charge in [-0.1, -0.05) is 59.4 Å². The molecule has 6 nitrogen and oxygen atoms in total. The number of carbonyl (C=O) groups is 1. The lowest BCUT2D eigenvalue weighted by molar-refractivity contribution is 0.105. The van der Waals surface area contributed by atoms with E-state index in [-0.39, 0.29) is 17.9 Å². The second kappa shape index (κ2) is 10.2. The summed E-state index contributed by atoms with van der Waals surface area (Å²) in [6.45, 7) is 2.22. The number of aryl methyl sites for hydroxylation is 1. The van der Waals surface area contributed by atoms with Crippen LogP contribution in [-0.2, 0) is 13.0 Å². The van der Waals surface area contributed by atoms with Crippen LogP contribution in [0.5, 0.6) is 5.75 Å². The standard InChI is InChI=1S/C24H20ClN3O3S2/c1-3-15-8-10-16(11-9-15)12-21-24(30)28(14-18-23(25)33-27-26-18)22(32-21)13-19(29)17-6-4-5-7-20(17)31-2/h4-13H,3,14H2,1-2H3. The third kappa shape index (κ3) is 5.13. The third-order valence-corrected chi connectivity index (χ3v) is 7.11. The zero-order valence-electron chi connectivity index (χ0n) is 17.9. The summed E-state index contributed by atoms with van der Waals surface area (Å²) in [5, 5.41) is 4.02. The molecule has 0 N–H and O–H groups in total. The summed E-state index contributed by atoms with van der Waals surface area (Å²) in [7, 11) is 1.52. The fourth-order valence-electron chi connectivity index (χ4n) is 3.27. The minimum atomic E-state index is -0.260. The van der Waals surface area contributed by atoms with Crippen molar-refractivity contribution < 1.29 is 9.53 Å². The monoisotopic (exact) mass is 497 g/mol. The Morgan fingerprint density at radius 2 is 1.94 bits per heavy atom. The van der Waals surface area contributed by atoms with Gasteiger partial charge in [-0.2, -0.15) is 0 Å². The molecule has 168 valence electrons. The molecule has 0 aliphatic heterocycles. The van der Waals surface area contributed by atoms with Gasteiger partial charge in [-0.05, 0) is 35.8 Å². The molecule has 2 aromatic heterocycles. The smallest absolute Gasteiger partial charge is 0.269 e. The van der Waals surface area contributed by atoms with E-state index in [0.717, 1.165) is 23.5 Å². The van der Waals surface area contributed by atoms with Crippen molar-refractivity contribution in [3.8, 4) is 5.75 Å². The Balaban J connectivity index is 1.85. The van der Waals surface area contributed by atoms with Crippen LogP contribution in [0.3, 0.4) is 0 Å². The van der Waals surface area contributed by atoms with Gasteiger partial charge in [-0.25, -0.2) is 0 Å². The van der Waals surface area contributed by atoms with E-state index in [4.69, 9.17) is 16.3 Å². The number of para-hydroxylation sites is 1. The summed E-state index contributed by atoms with van der Waals surface area (Å²) in [4.78, 5) is 26.4. The van der Waals surface area contributed by atoms with E-state index in [2.05, 4.69) is 16.5 Å². The zero-order valence-corrected chi connectivity index (χ0v) is 20.3. The fourth-order valence-corrected chi connectivity index (χ4v) is 4.93. The number of halogens is 1. The molecule has 2 aromatic carbocycles. The minimum absolute atomic E-state index is 0.123. The van der Waals surface area contributed by atoms with Crippen molar-refractivity contribution in [1.82, 2.24) is 14.2 Å². The van der Waals surface area contributed by atoms with Crippen LogP contribution < -0.4 is 19.5 Å². The molecular weight excluding hydrogens is 478 g/mol. The van der Waals surface area contributed by atoms with E-state index in [0.29, 0.717) is 30.5 Å². The predicted octanol–water partition coefficient (Wildman–Crippen LogP) is 3.53. The first-order valence-electron chi connectivity index (χ1n) is 10.2. The van der Waals surface area contributed by atoms with E-state index in [1.165, 1.54) is 34.7 Å². The number of aromatic nitrogens is 3. The average Bonchev–Trinajstić information content (AvgIpc) is 3.37. The van der Waals surface area contributed by atoms with Crippen molar-refractivity contribution in [3.63, 3.8) is 0 Å². The minimum Gasteiger partial charge on any atom is -0.496 e. The van der Waals surface area contributed by atoms with E-state index in [1.807, 2.05) is 30.3 Å². The third-order valence-electron chi connectivity index (χ3n) is 5.07. The largest absolute Gasteiger partial charge is 0.496 e. The maximum Gasteiger partial charge on any atom is 0.269 e. The topological polar surface area (TPSA) is 74.1 Å². The SMILES string of the molecule is CCc1ccc(C=c2sc(=CC(=O)c3ccccc3OC)n(Cc3nnsc3Cl)c2=O)cc1. The number of carbonyl (C=O) groups excluding carboxylic acids is 1. The molecule has 4 rings (SSSR count). The van der Waals surface area contributed by atoms with Crippen LogP contribution in [0.25, 0.3) is 12.2 Å². The highest BCUT2D eigenvalue weighted by atomic mass is 35.5. The number of methoxy groups -OCH3 is 1. The molecule has 0 bridgehead atoms. The Morgan fingerprint density at radius 1 is 1.18 bits per heavy atom. The molecule has 0 aliphatic rings. The number of nitrogens with zero attached hydrogens (tertiary/aromatic N) is 3. The first-order chi connectivity index (χ1) is 16.0. The van der Waals surface area contributed by atoms with Gasteiger partial charge in [0.2, 0.25) is 0 Å². The summed E-state index contributed by atoms with van der Waals surface area (Å²) in [6.07, 6.45) is 4.22. The second-order valence-corrected chi connectivity index (χ2v) is 9.56. The van der Waals surface area contributed by atoms with Gasteiger partial charge < -0.3 is 4.74 Å². The van der Waals surface area contributed by atoms with Crippen LogP contribution in [0.1, 0.15) is 34.1 Å². The van der Waals surface area contributed by atoms with Gasteiger partial charge in [0.15, 0.2) is 5.78 Å².